The lowest BCUT2D eigenvalue weighted by Gasteiger charge is -2.25. The molecule has 0 aromatic heterocycles. The molecule has 10 heteroatoms. The molecule has 0 spiro atoms. The van der Waals surface area contributed by atoms with Crippen molar-refractivity contribution in [3.8, 4) is 0 Å². The molecule has 1 aliphatic rings. The first-order valence-corrected chi connectivity index (χ1v) is 10.3. The van der Waals surface area contributed by atoms with Gasteiger partial charge in [-0.25, -0.2) is 4.79 Å². The Labute approximate surface area is 187 Å². The lowest BCUT2D eigenvalue weighted by molar-refractivity contribution is -0.137. The van der Waals surface area contributed by atoms with E-state index in [4.69, 9.17) is 28.0 Å². The van der Waals surface area contributed by atoms with Crippen LogP contribution in [-0.4, -0.2) is 35.8 Å². The van der Waals surface area contributed by atoms with Crippen LogP contribution in [0.15, 0.2) is 47.6 Å². The van der Waals surface area contributed by atoms with E-state index < -0.39 is 17.8 Å². The fourth-order valence-corrected chi connectivity index (χ4v) is 3.42. The van der Waals surface area contributed by atoms with Gasteiger partial charge in [-0.2, -0.15) is 13.2 Å². The summed E-state index contributed by atoms with van der Waals surface area (Å²) in [4.78, 5) is 19.5. The molecule has 166 valence electrons. The molecular formula is C21H20Cl2F3N3O2. The molecule has 0 unspecified atom stereocenters. The molecule has 1 heterocycles. The Morgan fingerprint density at radius 2 is 1.90 bits per heavy atom. The van der Waals surface area contributed by atoms with E-state index in [-0.39, 0.29) is 19.1 Å². The van der Waals surface area contributed by atoms with Crippen LogP contribution in [0.4, 0.5) is 18.0 Å². The van der Waals surface area contributed by atoms with Crippen LogP contribution in [0, 0.1) is 0 Å². The molecule has 0 saturated carbocycles. The van der Waals surface area contributed by atoms with Gasteiger partial charge in [0.25, 0.3) is 0 Å². The number of halogens is 5. The molecule has 0 bridgehead atoms. The van der Waals surface area contributed by atoms with E-state index in [0.717, 1.165) is 17.7 Å². The number of carbonyl (C=O) groups excluding carboxylic acids is 1. The second kappa shape index (κ2) is 9.78. The van der Waals surface area contributed by atoms with Crippen molar-refractivity contribution in [1.82, 2.24) is 10.2 Å². The Morgan fingerprint density at radius 1 is 1.19 bits per heavy atom. The first kappa shape index (κ1) is 23.2. The number of carbonyl (C=O) groups is 1. The molecule has 31 heavy (non-hydrogen) atoms. The molecule has 2 aromatic rings. The van der Waals surface area contributed by atoms with Gasteiger partial charge in [-0.15, -0.1) is 0 Å². The molecule has 2 aromatic carbocycles. The summed E-state index contributed by atoms with van der Waals surface area (Å²) < 4.78 is 38.4. The van der Waals surface area contributed by atoms with E-state index in [1.165, 1.54) is 17.0 Å². The highest BCUT2D eigenvalue weighted by Gasteiger charge is 2.30. The van der Waals surface area contributed by atoms with Crippen LogP contribution >= 0.6 is 23.2 Å². The molecule has 1 N–H and O–H groups in total. The predicted octanol–water partition coefficient (Wildman–Crippen LogP) is 5.74. The quantitative estimate of drug-likeness (QED) is 0.581. The van der Waals surface area contributed by atoms with E-state index in [0.29, 0.717) is 34.3 Å². The third kappa shape index (κ3) is 6.04. The minimum atomic E-state index is -4.41. The van der Waals surface area contributed by atoms with E-state index in [1.54, 1.807) is 25.1 Å². The van der Waals surface area contributed by atoms with E-state index >= 15 is 0 Å². The smallest absolute Gasteiger partial charge is 0.390 e. The van der Waals surface area contributed by atoms with Gasteiger partial charge in [0.05, 0.1) is 27.9 Å². The summed E-state index contributed by atoms with van der Waals surface area (Å²) in [6, 6.07) is 9.53. The molecule has 0 saturated heterocycles. The molecule has 1 aliphatic heterocycles. The lowest BCUT2D eigenvalue weighted by Crippen LogP contribution is -2.43. The summed E-state index contributed by atoms with van der Waals surface area (Å²) in [5.74, 6) is 0. The van der Waals surface area contributed by atoms with Crippen molar-refractivity contribution in [2.24, 2.45) is 5.16 Å². The van der Waals surface area contributed by atoms with Crippen LogP contribution in [0.1, 0.15) is 30.0 Å². The van der Waals surface area contributed by atoms with Gasteiger partial charge >= 0.3 is 12.2 Å². The zero-order valence-electron chi connectivity index (χ0n) is 16.5. The van der Waals surface area contributed by atoms with Crippen molar-refractivity contribution >= 4 is 34.9 Å². The molecule has 0 fully saturated rings. The zero-order chi connectivity index (χ0) is 22.6. The highest BCUT2D eigenvalue weighted by molar-refractivity contribution is 6.42. The number of amides is 2. The topological polar surface area (TPSA) is 53.9 Å². The standard InChI is InChI=1S/C21H20Cl2F3N3O2/c1-2-27-20(30)29(11-13-3-6-15(7-4-13)21(24,25)26)12-16-10-19(28-31-16)14-5-8-17(22)18(23)9-14/h3-9,16H,2,10-12H2,1H3,(H,27,30)/t16-/m0/s1. The Balaban J connectivity index is 1.67. The number of nitrogens with one attached hydrogen (secondary N) is 1. The van der Waals surface area contributed by atoms with E-state index in [2.05, 4.69) is 10.5 Å². The third-order valence-electron chi connectivity index (χ3n) is 4.68. The van der Waals surface area contributed by atoms with Gasteiger partial charge in [0, 0.05) is 25.1 Å². The highest BCUT2D eigenvalue weighted by atomic mass is 35.5. The SMILES string of the molecule is CCNC(=O)N(Cc1ccc(C(F)(F)F)cc1)C[C@@H]1CC(c2ccc(Cl)c(Cl)c2)=NO1. The number of oxime groups is 1. The van der Waals surface area contributed by atoms with Gasteiger partial charge in [-0.3, -0.25) is 0 Å². The van der Waals surface area contributed by atoms with Gasteiger partial charge in [0.15, 0.2) is 6.10 Å². The van der Waals surface area contributed by atoms with Crippen LogP contribution in [0.25, 0.3) is 0 Å². The minimum Gasteiger partial charge on any atom is -0.390 e. The number of rotatable bonds is 6. The second-order valence-electron chi connectivity index (χ2n) is 7.01. The monoisotopic (exact) mass is 473 g/mol. The Kier molecular flexibility index (Phi) is 7.33. The van der Waals surface area contributed by atoms with Gasteiger partial charge in [-0.1, -0.05) is 46.6 Å². The number of urea groups is 1. The fraction of sp³-hybridized carbons (Fsp3) is 0.333. The Hall–Kier alpha value is -2.45. The summed E-state index contributed by atoms with van der Waals surface area (Å²) in [7, 11) is 0. The van der Waals surface area contributed by atoms with Crippen molar-refractivity contribution < 1.29 is 22.8 Å². The number of hydrogen-bond acceptors (Lipinski definition) is 3. The first-order chi connectivity index (χ1) is 14.7. The summed E-state index contributed by atoms with van der Waals surface area (Å²) in [6.07, 6.45) is -4.37. The second-order valence-corrected chi connectivity index (χ2v) is 7.82. The summed E-state index contributed by atoms with van der Waals surface area (Å²) in [6.45, 7) is 2.54. The van der Waals surface area contributed by atoms with Crippen molar-refractivity contribution in [2.75, 3.05) is 13.1 Å². The minimum absolute atomic E-state index is 0.131. The van der Waals surface area contributed by atoms with E-state index in [1.807, 2.05) is 0 Å². The van der Waals surface area contributed by atoms with Crippen molar-refractivity contribution in [1.29, 1.82) is 0 Å². The maximum Gasteiger partial charge on any atom is 0.416 e. The van der Waals surface area contributed by atoms with Gasteiger partial charge in [-0.05, 0) is 36.8 Å². The van der Waals surface area contributed by atoms with Crippen LogP contribution in [0.2, 0.25) is 10.0 Å². The first-order valence-electron chi connectivity index (χ1n) is 9.54. The maximum atomic E-state index is 12.8. The van der Waals surface area contributed by atoms with Gasteiger partial charge < -0.3 is 15.1 Å². The average Bonchev–Trinajstić information content (AvgIpc) is 3.18. The summed E-state index contributed by atoms with van der Waals surface area (Å²) in [5, 5.41) is 7.64. The molecule has 0 aliphatic carbocycles. The molecule has 3 rings (SSSR count). The predicted molar refractivity (Wildman–Crippen MR) is 113 cm³/mol. The van der Waals surface area contributed by atoms with Crippen LogP contribution in [-0.2, 0) is 17.6 Å². The average molecular weight is 474 g/mol. The number of benzene rings is 2. The summed E-state index contributed by atoms with van der Waals surface area (Å²) in [5.41, 5.74) is 1.28. The van der Waals surface area contributed by atoms with Crippen LogP contribution in [0.5, 0.6) is 0 Å². The van der Waals surface area contributed by atoms with Gasteiger partial charge in [0.2, 0.25) is 0 Å². The Morgan fingerprint density at radius 3 is 2.52 bits per heavy atom. The Bertz CT molecular complexity index is 965. The van der Waals surface area contributed by atoms with E-state index in [9.17, 15) is 18.0 Å². The number of alkyl halides is 3. The van der Waals surface area contributed by atoms with Crippen molar-refractivity contribution in [2.45, 2.75) is 32.2 Å². The molecule has 2 amide bonds. The number of nitrogens with zero attached hydrogens (tertiary/aromatic N) is 2. The lowest BCUT2D eigenvalue weighted by atomic mass is 10.0. The molecular weight excluding hydrogens is 454 g/mol. The highest BCUT2D eigenvalue weighted by Crippen LogP contribution is 2.29. The maximum absolute atomic E-state index is 12.8. The van der Waals surface area contributed by atoms with Gasteiger partial charge in [0.1, 0.15) is 0 Å². The summed E-state index contributed by atoms with van der Waals surface area (Å²) >= 11 is 12.0. The van der Waals surface area contributed by atoms with Crippen molar-refractivity contribution in [3.05, 3.63) is 69.2 Å². The van der Waals surface area contributed by atoms with Crippen molar-refractivity contribution in [3.63, 3.8) is 0 Å². The fourth-order valence-electron chi connectivity index (χ4n) is 3.12. The van der Waals surface area contributed by atoms with Crippen LogP contribution in [0.3, 0.4) is 0 Å². The van der Waals surface area contributed by atoms with Crippen LogP contribution < -0.4 is 5.32 Å². The molecule has 1 atom stereocenters. The zero-order valence-corrected chi connectivity index (χ0v) is 18.1. The largest absolute Gasteiger partial charge is 0.416 e. The normalized spacial score (nSPS) is 15.9. The molecule has 0 radical (unpaired) electrons. The molecule has 5 nitrogen and oxygen atoms in total. The number of hydrogen-bond donors (Lipinski definition) is 1. The third-order valence-corrected chi connectivity index (χ3v) is 5.42.